The zero-order valence-corrected chi connectivity index (χ0v) is 12.3. The molecule has 112 valence electrons. The predicted octanol–water partition coefficient (Wildman–Crippen LogP) is 2.96. The van der Waals surface area contributed by atoms with E-state index in [1.807, 2.05) is 0 Å². The van der Waals surface area contributed by atoms with E-state index in [2.05, 4.69) is 4.72 Å². The number of hydrogen-bond acceptors (Lipinski definition) is 3. The lowest BCUT2D eigenvalue weighted by molar-refractivity contribution is 0.591. The largest absolute Gasteiger partial charge is 0.399 e. The Balaban J connectivity index is 2.51. The van der Waals surface area contributed by atoms with Gasteiger partial charge in [-0.1, -0.05) is 6.07 Å². The van der Waals surface area contributed by atoms with Crippen molar-refractivity contribution in [1.82, 2.24) is 0 Å². The molecule has 2 rings (SSSR count). The van der Waals surface area contributed by atoms with Gasteiger partial charge in [-0.15, -0.1) is 0 Å². The van der Waals surface area contributed by atoms with Gasteiger partial charge in [0.05, 0.1) is 10.6 Å². The van der Waals surface area contributed by atoms with Gasteiger partial charge in [-0.05, 0) is 38.1 Å². The maximum absolute atomic E-state index is 13.6. The van der Waals surface area contributed by atoms with Crippen LogP contribution in [0.1, 0.15) is 11.1 Å². The molecule has 0 fully saturated rings. The molecule has 2 aromatic carbocycles. The first-order valence-electron chi connectivity index (χ1n) is 6.06. The third kappa shape index (κ3) is 2.97. The molecule has 0 amide bonds. The third-order valence-electron chi connectivity index (χ3n) is 3.12. The smallest absolute Gasteiger partial charge is 0.262 e. The van der Waals surface area contributed by atoms with Crippen molar-refractivity contribution in [3.63, 3.8) is 0 Å². The van der Waals surface area contributed by atoms with E-state index in [1.54, 1.807) is 0 Å². The molecule has 0 spiro atoms. The second-order valence-electron chi connectivity index (χ2n) is 4.64. The Bertz CT molecular complexity index is 805. The van der Waals surface area contributed by atoms with Gasteiger partial charge < -0.3 is 5.73 Å². The molecule has 21 heavy (non-hydrogen) atoms. The van der Waals surface area contributed by atoms with E-state index in [1.165, 1.54) is 32.0 Å². The average molecular weight is 312 g/mol. The number of nitrogens with one attached hydrogen (secondary N) is 1. The minimum atomic E-state index is -4.06. The van der Waals surface area contributed by atoms with Crippen molar-refractivity contribution in [3.8, 4) is 0 Å². The number of sulfonamides is 1. The Morgan fingerprint density at radius 3 is 2.38 bits per heavy atom. The number of anilines is 2. The second kappa shape index (κ2) is 5.33. The maximum Gasteiger partial charge on any atom is 0.262 e. The first kappa shape index (κ1) is 15.2. The van der Waals surface area contributed by atoms with Crippen molar-refractivity contribution in [2.45, 2.75) is 18.7 Å². The summed E-state index contributed by atoms with van der Waals surface area (Å²) in [5.41, 5.74) is 5.68. The average Bonchev–Trinajstić information content (AvgIpc) is 2.39. The summed E-state index contributed by atoms with van der Waals surface area (Å²) in [6, 6.07) is 6.23. The minimum Gasteiger partial charge on any atom is -0.399 e. The van der Waals surface area contributed by atoms with Crippen molar-refractivity contribution < 1.29 is 17.2 Å². The molecule has 0 saturated carbocycles. The summed E-state index contributed by atoms with van der Waals surface area (Å²) in [4.78, 5) is -0.274. The first-order valence-corrected chi connectivity index (χ1v) is 7.54. The van der Waals surface area contributed by atoms with Crippen molar-refractivity contribution >= 4 is 21.4 Å². The van der Waals surface area contributed by atoms with Crippen molar-refractivity contribution in [2.75, 3.05) is 10.5 Å². The maximum atomic E-state index is 13.6. The van der Waals surface area contributed by atoms with Gasteiger partial charge in [0.15, 0.2) is 0 Å². The number of nitrogen functional groups attached to an aromatic ring is 1. The Labute approximate surface area is 121 Å². The van der Waals surface area contributed by atoms with Gasteiger partial charge in [0.1, 0.15) is 11.6 Å². The van der Waals surface area contributed by atoms with E-state index in [0.29, 0.717) is 0 Å². The Kier molecular flexibility index (Phi) is 3.87. The molecule has 0 saturated heterocycles. The second-order valence-corrected chi connectivity index (χ2v) is 6.29. The quantitative estimate of drug-likeness (QED) is 0.856. The highest BCUT2D eigenvalue weighted by Crippen LogP contribution is 2.26. The number of benzene rings is 2. The van der Waals surface area contributed by atoms with Crippen molar-refractivity contribution in [2.24, 2.45) is 0 Å². The zero-order valence-electron chi connectivity index (χ0n) is 11.4. The summed E-state index contributed by atoms with van der Waals surface area (Å²) >= 11 is 0. The van der Waals surface area contributed by atoms with Crippen LogP contribution in [0.25, 0.3) is 0 Å². The standard InChI is InChI=1S/C14H14F2N2O2S/c1-8-11(15)4-3-5-13(8)18-21(19,20)14-7-10(17)6-12(16)9(14)2/h3-7,18H,17H2,1-2H3. The molecule has 2 aromatic rings. The number of hydrogen-bond donors (Lipinski definition) is 2. The molecule has 0 aromatic heterocycles. The molecule has 0 radical (unpaired) electrons. The van der Waals surface area contributed by atoms with Crippen LogP contribution in [0.5, 0.6) is 0 Å². The Morgan fingerprint density at radius 2 is 1.71 bits per heavy atom. The monoisotopic (exact) mass is 312 g/mol. The lowest BCUT2D eigenvalue weighted by Crippen LogP contribution is -2.16. The molecular weight excluding hydrogens is 298 g/mol. The van der Waals surface area contributed by atoms with Gasteiger partial charge in [-0.25, -0.2) is 17.2 Å². The molecule has 0 heterocycles. The first-order chi connectivity index (χ1) is 9.72. The van der Waals surface area contributed by atoms with E-state index in [4.69, 9.17) is 5.73 Å². The SMILES string of the molecule is Cc1c(F)cccc1NS(=O)(=O)c1cc(N)cc(F)c1C. The predicted molar refractivity (Wildman–Crippen MR) is 77.5 cm³/mol. The molecule has 4 nitrogen and oxygen atoms in total. The zero-order chi connectivity index (χ0) is 15.8. The van der Waals surface area contributed by atoms with Crippen LogP contribution in [0.3, 0.4) is 0 Å². The van der Waals surface area contributed by atoms with Gasteiger partial charge in [0.25, 0.3) is 10.0 Å². The molecule has 0 aliphatic heterocycles. The molecule has 0 aliphatic rings. The van der Waals surface area contributed by atoms with Crippen LogP contribution in [0.4, 0.5) is 20.2 Å². The third-order valence-corrected chi connectivity index (χ3v) is 4.61. The summed E-state index contributed by atoms with van der Waals surface area (Å²) in [6.07, 6.45) is 0. The summed E-state index contributed by atoms with van der Waals surface area (Å²) in [5, 5.41) is 0. The normalized spacial score (nSPS) is 11.4. The molecule has 3 N–H and O–H groups in total. The van der Waals surface area contributed by atoms with Crippen LogP contribution in [0, 0.1) is 25.5 Å². The molecular formula is C14H14F2N2O2S. The van der Waals surface area contributed by atoms with Crippen LogP contribution < -0.4 is 10.5 Å². The van der Waals surface area contributed by atoms with Crippen molar-refractivity contribution in [3.05, 3.63) is 53.1 Å². The topological polar surface area (TPSA) is 72.2 Å². The summed E-state index contributed by atoms with van der Waals surface area (Å²) in [6.45, 7) is 2.78. The van der Waals surface area contributed by atoms with Gasteiger partial charge in [0, 0.05) is 16.8 Å². The summed E-state index contributed by atoms with van der Waals surface area (Å²) in [5.74, 6) is -1.25. The minimum absolute atomic E-state index is 0.00515. The molecule has 7 heteroatoms. The van der Waals surface area contributed by atoms with E-state index >= 15 is 0 Å². The highest BCUT2D eigenvalue weighted by atomic mass is 32.2. The molecule has 0 aliphatic carbocycles. The fraction of sp³-hybridized carbons (Fsp3) is 0.143. The Hall–Kier alpha value is -2.15. The van der Waals surface area contributed by atoms with E-state index in [9.17, 15) is 17.2 Å². The van der Waals surface area contributed by atoms with Crippen LogP contribution in [-0.2, 0) is 10.0 Å². The molecule has 0 bridgehead atoms. The Morgan fingerprint density at radius 1 is 1.05 bits per heavy atom. The molecule has 0 atom stereocenters. The fourth-order valence-corrected chi connectivity index (χ4v) is 3.28. The van der Waals surface area contributed by atoms with Gasteiger partial charge in [-0.3, -0.25) is 4.72 Å². The van der Waals surface area contributed by atoms with Crippen LogP contribution >= 0.6 is 0 Å². The highest BCUT2D eigenvalue weighted by molar-refractivity contribution is 7.92. The summed E-state index contributed by atoms with van der Waals surface area (Å²) < 4.78 is 54.0. The fourth-order valence-electron chi connectivity index (χ4n) is 1.87. The van der Waals surface area contributed by atoms with E-state index < -0.39 is 21.7 Å². The van der Waals surface area contributed by atoms with Gasteiger partial charge in [-0.2, -0.15) is 0 Å². The summed E-state index contributed by atoms with van der Waals surface area (Å²) in [7, 11) is -4.06. The molecule has 0 unspecified atom stereocenters. The van der Waals surface area contributed by atoms with Crippen molar-refractivity contribution in [1.29, 1.82) is 0 Å². The number of nitrogens with two attached hydrogens (primary N) is 1. The van der Waals surface area contributed by atoms with Crippen LogP contribution in [0.2, 0.25) is 0 Å². The lowest BCUT2D eigenvalue weighted by atomic mass is 10.2. The van der Waals surface area contributed by atoms with E-state index in [-0.39, 0.29) is 27.4 Å². The number of halogens is 2. The van der Waals surface area contributed by atoms with E-state index in [0.717, 1.165) is 12.1 Å². The van der Waals surface area contributed by atoms with Gasteiger partial charge >= 0.3 is 0 Å². The lowest BCUT2D eigenvalue weighted by Gasteiger charge is -2.13. The highest BCUT2D eigenvalue weighted by Gasteiger charge is 2.21. The number of rotatable bonds is 3. The van der Waals surface area contributed by atoms with Crippen LogP contribution in [-0.4, -0.2) is 8.42 Å². The van der Waals surface area contributed by atoms with Crippen LogP contribution in [0.15, 0.2) is 35.2 Å². The van der Waals surface area contributed by atoms with Gasteiger partial charge in [0.2, 0.25) is 0 Å².